The maximum Gasteiger partial charge on any atom is 0.180 e. The highest BCUT2D eigenvalue weighted by molar-refractivity contribution is 7.91. The molecule has 0 spiro atoms. The summed E-state index contributed by atoms with van der Waals surface area (Å²) in [6.45, 7) is 3.39. The number of rotatable bonds is 5. The number of hydrogen-bond donors (Lipinski definition) is 2. The van der Waals surface area contributed by atoms with Gasteiger partial charge in [0, 0.05) is 32.2 Å². The second kappa shape index (κ2) is 5.71. The first-order chi connectivity index (χ1) is 9.30. The third-order valence-corrected chi connectivity index (χ3v) is 5.72. The van der Waals surface area contributed by atoms with Crippen molar-refractivity contribution in [2.75, 3.05) is 37.1 Å². The number of ketones is 1. The van der Waals surface area contributed by atoms with E-state index in [1.54, 1.807) is 0 Å². The van der Waals surface area contributed by atoms with Crippen LogP contribution < -0.4 is 11.1 Å². The lowest BCUT2D eigenvalue weighted by Gasteiger charge is -2.10. The standard InChI is InChI=1S/C12H18N2O4S2/c1-7(15)10-9(13)11(20(2,16)17)12(19-10)14-5-8-3-4-18-6-8/h8,14H,3-6,13H2,1-2H3. The first kappa shape index (κ1) is 15.3. The second-order valence-corrected chi connectivity index (χ2v) is 7.92. The molecule has 1 fully saturated rings. The van der Waals surface area contributed by atoms with Crippen molar-refractivity contribution >= 4 is 37.6 Å². The van der Waals surface area contributed by atoms with Gasteiger partial charge in [0.1, 0.15) is 9.90 Å². The molecule has 1 aliphatic heterocycles. The Balaban J connectivity index is 2.30. The molecular weight excluding hydrogens is 300 g/mol. The zero-order chi connectivity index (χ0) is 14.9. The summed E-state index contributed by atoms with van der Waals surface area (Å²) in [5.41, 5.74) is 5.87. The van der Waals surface area contributed by atoms with Crippen LogP contribution in [0.3, 0.4) is 0 Å². The monoisotopic (exact) mass is 318 g/mol. The molecular formula is C12H18N2O4S2. The third-order valence-electron chi connectivity index (χ3n) is 3.17. The van der Waals surface area contributed by atoms with Crippen LogP contribution in [0.15, 0.2) is 4.90 Å². The molecule has 1 saturated heterocycles. The van der Waals surface area contributed by atoms with Crippen molar-refractivity contribution < 1.29 is 17.9 Å². The molecule has 1 aliphatic rings. The smallest absolute Gasteiger partial charge is 0.180 e. The van der Waals surface area contributed by atoms with Crippen molar-refractivity contribution in [2.45, 2.75) is 18.2 Å². The normalized spacial score (nSPS) is 19.2. The zero-order valence-corrected chi connectivity index (χ0v) is 13.1. The van der Waals surface area contributed by atoms with Gasteiger partial charge >= 0.3 is 0 Å². The molecule has 1 aromatic rings. The first-order valence-corrected chi connectivity index (χ1v) is 8.96. The van der Waals surface area contributed by atoms with E-state index < -0.39 is 9.84 Å². The maximum absolute atomic E-state index is 11.9. The van der Waals surface area contributed by atoms with Gasteiger partial charge in [-0.15, -0.1) is 11.3 Å². The molecule has 2 rings (SSSR count). The van der Waals surface area contributed by atoms with E-state index in [2.05, 4.69) is 5.32 Å². The number of ether oxygens (including phenoxy) is 1. The molecule has 6 nitrogen and oxygen atoms in total. The van der Waals surface area contributed by atoms with Gasteiger partial charge in [-0.25, -0.2) is 8.42 Å². The van der Waals surface area contributed by atoms with Crippen LogP contribution in [0.4, 0.5) is 10.7 Å². The Kier molecular flexibility index (Phi) is 4.36. The van der Waals surface area contributed by atoms with Crippen LogP contribution in [0, 0.1) is 5.92 Å². The summed E-state index contributed by atoms with van der Waals surface area (Å²) in [6.07, 6.45) is 2.04. The number of thiophene rings is 1. The lowest BCUT2D eigenvalue weighted by molar-refractivity contribution is 0.102. The minimum Gasteiger partial charge on any atom is -0.396 e. The molecule has 112 valence electrons. The number of nitrogen functional groups attached to an aromatic ring is 1. The van der Waals surface area contributed by atoms with Gasteiger partial charge in [-0.2, -0.15) is 0 Å². The molecule has 1 aromatic heterocycles. The largest absolute Gasteiger partial charge is 0.396 e. The fourth-order valence-corrected chi connectivity index (χ4v) is 4.63. The van der Waals surface area contributed by atoms with E-state index >= 15 is 0 Å². The molecule has 0 saturated carbocycles. The Labute approximate surface area is 122 Å². The van der Waals surface area contributed by atoms with Crippen LogP contribution in [-0.4, -0.2) is 40.2 Å². The zero-order valence-electron chi connectivity index (χ0n) is 11.4. The summed E-state index contributed by atoms with van der Waals surface area (Å²) in [5, 5.41) is 3.55. The average Bonchev–Trinajstić information content (AvgIpc) is 2.92. The van der Waals surface area contributed by atoms with Gasteiger partial charge in [0.25, 0.3) is 0 Å². The molecule has 1 unspecified atom stereocenters. The second-order valence-electron chi connectivity index (χ2n) is 4.94. The highest BCUT2D eigenvalue weighted by Gasteiger charge is 2.26. The van der Waals surface area contributed by atoms with Gasteiger partial charge in [-0.1, -0.05) is 0 Å². The molecule has 0 bridgehead atoms. The number of nitrogens with two attached hydrogens (primary N) is 1. The summed E-state index contributed by atoms with van der Waals surface area (Å²) in [7, 11) is -3.48. The number of anilines is 2. The van der Waals surface area contributed by atoms with Gasteiger partial charge in [0.2, 0.25) is 0 Å². The van der Waals surface area contributed by atoms with Crippen LogP contribution >= 0.6 is 11.3 Å². The fourth-order valence-electron chi connectivity index (χ4n) is 2.16. The van der Waals surface area contributed by atoms with E-state index in [1.165, 1.54) is 6.92 Å². The maximum atomic E-state index is 11.9. The number of Topliss-reactive ketones (excluding diaryl/α,β-unsaturated/α-hetero) is 1. The Morgan fingerprint density at radius 1 is 1.55 bits per heavy atom. The van der Waals surface area contributed by atoms with Gasteiger partial charge < -0.3 is 15.8 Å². The third kappa shape index (κ3) is 3.13. The van der Waals surface area contributed by atoms with E-state index in [-0.39, 0.29) is 21.2 Å². The number of sulfone groups is 1. The molecule has 2 heterocycles. The van der Waals surface area contributed by atoms with Crippen LogP contribution in [0.1, 0.15) is 23.0 Å². The molecule has 0 amide bonds. The van der Waals surface area contributed by atoms with Crippen molar-refractivity contribution in [3.63, 3.8) is 0 Å². The topological polar surface area (TPSA) is 98.5 Å². The molecule has 0 radical (unpaired) electrons. The Morgan fingerprint density at radius 2 is 2.25 bits per heavy atom. The summed E-state index contributed by atoms with van der Waals surface area (Å²) in [4.78, 5) is 11.8. The summed E-state index contributed by atoms with van der Waals surface area (Å²) >= 11 is 1.10. The molecule has 8 heteroatoms. The minimum absolute atomic E-state index is 0.0339. The SMILES string of the molecule is CC(=O)c1sc(NCC2CCOC2)c(S(C)(=O)=O)c1N. The molecule has 20 heavy (non-hydrogen) atoms. The van der Waals surface area contributed by atoms with Crippen LogP contribution in [0.25, 0.3) is 0 Å². The quantitative estimate of drug-likeness (QED) is 0.796. The average molecular weight is 318 g/mol. The van der Waals surface area contributed by atoms with E-state index in [9.17, 15) is 13.2 Å². The van der Waals surface area contributed by atoms with Crippen LogP contribution in [0.2, 0.25) is 0 Å². The molecule has 3 N–H and O–H groups in total. The fraction of sp³-hybridized carbons (Fsp3) is 0.583. The Hall–Kier alpha value is -1.12. The Morgan fingerprint density at radius 3 is 2.75 bits per heavy atom. The minimum atomic E-state index is -3.48. The van der Waals surface area contributed by atoms with Crippen molar-refractivity contribution in [1.29, 1.82) is 0 Å². The number of carbonyl (C=O) groups excluding carboxylic acids is 1. The van der Waals surface area contributed by atoms with Crippen molar-refractivity contribution in [3.05, 3.63) is 4.88 Å². The van der Waals surface area contributed by atoms with E-state index in [4.69, 9.17) is 10.5 Å². The highest BCUT2D eigenvalue weighted by atomic mass is 32.2. The lowest BCUT2D eigenvalue weighted by atomic mass is 10.1. The molecule has 0 aliphatic carbocycles. The van der Waals surface area contributed by atoms with Crippen molar-refractivity contribution in [1.82, 2.24) is 0 Å². The summed E-state index contributed by atoms with van der Waals surface area (Å²) < 4.78 is 29.0. The Bertz CT molecular complexity index is 616. The van der Waals surface area contributed by atoms with Gasteiger partial charge in [0.05, 0.1) is 17.2 Å². The van der Waals surface area contributed by atoms with Crippen molar-refractivity contribution in [3.8, 4) is 0 Å². The first-order valence-electron chi connectivity index (χ1n) is 6.25. The number of hydrogen-bond acceptors (Lipinski definition) is 7. The van der Waals surface area contributed by atoms with Crippen LogP contribution in [0.5, 0.6) is 0 Å². The molecule has 0 aromatic carbocycles. The lowest BCUT2D eigenvalue weighted by Crippen LogP contribution is -2.15. The van der Waals surface area contributed by atoms with Crippen LogP contribution in [-0.2, 0) is 14.6 Å². The van der Waals surface area contributed by atoms with Gasteiger partial charge in [-0.3, -0.25) is 4.79 Å². The van der Waals surface area contributed by atoms with E-state index in [1.807, 2.05) is 0 Å². The van der Waals surface area contributed by atoms with Crippen molar-refractivity contribution in [2.24, 2.45) is 5.92 Å². The number of carbonyl (C=O) groups is 1. The summed E-state index contributed by atoms with van der Waals surface area (Å²) in [5.74, 6) is 0.126. The molecule has 1 atom stereocenters. The van der Waals surface area contributed by atoms with E-state index in [0.29, 0.717) is 24.1 Å². The summed E-state index contributed by atoms with van der Waals surface area (Å²) in [6, 6.07) is 0. The number of nitrogens with one attached hydrogen (secondary N) is 1. The predicted molar refractivity (Wildman–Crippen MR) is 79.3 cm³/mol. The predicted octanol–water partition coefficient (Wildman–Crippen LogP) is 1.38. The van der Waals surface area contributed by atoms with Gasteiger partial charge in [-0.05, 0) is 6.42 Å². The highest BCUT2D eigenvalue weighted by Crippen LogP contribution is 2.39. The van der Waals surface area contributed by atoms with E-state index in [0.717, 1.165) is 30.6 Å². The van der Waals surface area contributed by atoms with Gasteiger partial charge in [0.15, 0.2) is 15.6 Å².